The van der Waals surface area contributed by atoms with Crippen molar-refractivity contribution in [3.05, 3.63) is 107 Å². The van der Waals surface area contributed by atoms with Gasteiger partial charge in [0.1, 0.15) is 17.8 Å². The maximum absolute atomic E-state index is 13.9. The summed E-state index contributed by atoms with van der Waals surface area (Å²) in [4.78, 5) is 62.8. The van der Waals surface area contributed by atoms with Gasteiger partial charge >= 0.3 is 0 Å². The van der Waals surface area contributed by atoms with Crippen molar-refractivity contribution in [1.29, 1.82) is 0 Å². The van der Waals surface area contributed by atoms with E-state index in [4.69, 9.17) is 0 Å². The Morgan fingerprint density at radius 2 is 1.69 bits per heavy atom. The maximum Gasteiger partial charge on any atom is 0.261 e. The van der Waals surface area contributed by atoms with Crippen LogP contribution in [0.4, 0.5) is 15.9 Å². The van der Waals surface area contributed by atoms with Gasteiger partial charge in [-0.15, -0.1) is 0 Å². The molecule has 0 fully saturated rings. The highest BCUT2D eigenvalue weighted by Crippen LogP contribution is 2.35. The molecule has 0 spiro atoms. The number of rotatable bonds is 7. The number of nitrogens with zero attached hydrogens (tertiary/aromatic N) is 4. The Kier molecular flexibility index (Phi) is 6.91. The fourth-order valence-corrected chi connectivity index (χ4v) is 5.29. The molecule has 0 aliphatic carbocycles. The van der Waals surface area contributed by atoms with Crippen molar-refractivity contribution >= 4 is 35.1 Å². The lowest BCUT2D eigenvalue weighted by Gasteiger charge is -2.27. The molecule has 6 rings (SSSR count). The summed E-state index contributed by atoms with van der Waals surface area (Å²) >= 11 is 0. The number of carbonyl (C=O) groups is 4. The summed E-state index contributed by atoms with van der Waals surface area (Å²) in [5.74, 6) is -1.48. The molecule has 2 aliphatic rings. The monoisotopic (exact) mass is 564 g/mol. The minimum absolute atomic E-state index is 0.0855. The van der Waals surface area contributed by atoms with Crippen LogP contribution in [0, 0.1) is 5.82 Å². The maximum atomic E-state index is 13.9. The predicted molar refractivity (Wildman–Crippen MR) is 153 cm³/mol. The molecule has 0 saturated heterocycles. The van der Waals surface area contributed by atoms with Crippen molar-refractivity contribution in [2.45, 2.75) is 12.5 Å². The molecule has 3 aromatic carbocycles. The second kappa shape index (κ2) is 10.8. The highest BCUT2D eigenvalue weighted by atomic mass is 19.1. The molecule has 1 atom stereocenters. The standard InChI is InChI=1S/C31H25FN6O4/c1-37-16-25(39)36-28-27(37)26(33-17-34-28)19-9-11-20(12-10-19)29(40)35-22(14-18-5-4-6-21(32)13-18)15-38-30(41)23-7-2-3-8-24(23)31(38)42/h2-13,17,22H,14-16H2,1H3,(H,35,40)(H,33,34,36,39). The summed E-state index contributed by atoms with van der Waals surface area (Å²) in [7, 11) is 1.78. The molecule has 2 aliphatic heterocycles. The van der Waals surface area contributed by atoms with E-state index in [9.17, 15) is 23.6 Å². The third-order valence-corrected chi connectivity index (χ3v) is 7.25. The third kappa shape index (κ3) is 5.07. The van der Waals surface area contributed by atoms with E-state index >= 15 is 0 Å². The largest absolute Gasteiger partial charge is 0.361 e. The summed E-state index contributed by atoms with van der Waals surface area (Å²) in [6.07, 6.45) is 1.56. The van der Waals surface area contributed by atoms with Crippen LogP contribution in [0.1, 0.15) is 36.6 Å². The summed E-state index contributed by atoms with van der Waals surface area (Å²) in [5.41, 5.74) is 3.56. The van der Waals surface area contributed by atoms with Crippen LogP contribution in [0.5, 0.6) is 0 Å². The van der Waals surface area contributed by atoms with Crippen molar-refractivity contribution in [2.24, 2.45) is 0 Å². The van der Waals surface area contributed by atoms with Crippen LogP contribution in [0.25, 0.3) is 11.3 Å². The minimum Gasteiger partial charge on any atom is -0.361 e. The zero-order valence-corrected chi connectivity index (χ0v) is 22.5. The Hall–Kier alpha value is -5.45. The first-order valence-electron chi connectivity index (χ1n) is 13.3. The molecule has 11 heteroatoms. The van der Waals surface area contributed by atoms with Gasteiger partial charge in [-0.25, -0.2) is 14.4 Å². The number of benzene rings is 3. The lowest BCUT2D eigenvalue weighted by molar-refractivity contribution is -0.115. The Labute approximate surface area is 240 Å². The number of fused-ring (bicyclic) bond motifs is 2. The average Bonchev–Trinajstić information content (AvgIpc) is 3.21. The number of hydrogen-bond acceptors (Lipinski definition) is 7. The number of hydrogen-bond donors (Lipinski definition) is 2. The Bertz CT molecular complexity index is 1710. The van der Waals surface area contributed by atoms with E-state index in [0.29, 0.717) is 39.5 Å². The van der Waals surface area contributed by atoms with Crippen LogP contribution in [-0.2, 0) is 11.2 Å². The van der Waals surface area contributed by atoms with Crippen molar-refractivity contribution in [2.75, 3.05) is 30.4 Å². The second-order valence-corrected chi connectivity index (χ2v) is 10.2. The second-order valence-electron chi connectivity index (χ2n) is 10.2. The molecule has 10 nitrogen and oxygen atoms in total. The van der Waals surface area contributed by atoms with E-state index in [0.717, 1.165) is 10.5 Å². The molecule has 0 radical (unpaired) electrons. The summed E-state index contributed by atoms with van der Waals surface area (Å²) < 4.78 is 13.9. The average molecular weight is 565 g/mol. The van der Waals surface area contributed by atoms with Crippen LogP contribution in [0.15, 0.2) is 79.1 Å². The van der Waals surface area contributed by atoms with Gasteiger partial charge in [-0.3, -0.25) is 24.1 Å². The van der Waals surface area contributed by atoms with Gasteiger partial charge in [0.2, 0.25) is 5.91 Å². The Morgan fingerprint density at radius 1 is 0.976 bits per heavy atom. The zero-order valence-electron chi connectivity index (χ0n) is 22.5. The molecule has 0 bridgehead atoms. The molecular formula is C31H25FN6O4. The van der Waals surface area contributed by atoms with Crippen LogP contribution < -0.4 is 15.5 Å². The van der Waals surface area contributed by atoms with E-state index in [1.165, 1.54) is 18.5 Å². The van der Waals surface area contributed by atoms with Crippen molar-refractivity contribution in [3.8, 4) is 11.3 Å². The zero-order chi connectivity index (χ0) is 29.4. The first-order valence-corrected chi connectivity index (χ1v) is 13.3. The minimum atomic E-state index is -0.688. The normalized spacial score (nSPS) is 14.8. The van der Waals surface area contributed by atoms with Crippen LogP contribution in [0.2, 0.25) is 0 Å². The highest BCUT2D eigenvalue weighted by Gasteiger charge is 2.36. The smallest absolute Gasteiger partial charge is 0.261 e. The predicted octanol–water partition coefficient (Wildman–Crippen LogP) is 3.31. The molecule has 3 heterocycles. The van der Waals surface area contributed by atoms with Gasteiger partial charge in [-0.1, -0.05) is 36.4 Å². The van der Waals surface area contributed by atoms with Crippen molar-refractivity contribution in [1.82, 2.24) is 20.2 Å². The molecule has 1 aromatic heterocycles. The van der Waals surface area contributed by atoms with Gasteiger partial charge in [0, 0.05) is 24.7 Å². The van der Waals surface area contributed by atoms with Gasteiger partial charge in [0.15, 0.2) is 5.82 Å². The van der Waals surface area contributed by atoms with Gasteiger partial charge < -0.3 is 15.5 Å². The van der Waals surface area contributed by atoms with E-state index in [1.807, 2.05) is 0 Å². The third-order valence-electron chi connectivity index (χ3n) is 7.25. The number of likely N-dealkylation sites (N-methyl/N-ethyl adjacent to an activating group) is 1. The topological polar surface area (TPSA) is 125 Å². The molecule has 2 N–H and O–H groups in total. The highest BCUT2D eigenvalue weighted by molar-refractivity contribution is 6.21. The van der Waals surface area contributed by atoms with E-state index < -0.39 is 29.6 Å². The number of carbonyl (C=O) groups excluding carboxylic acids is 4. The van der Waals surface area contributed by atoms with Gasteiger partial charge in [-0.2, -0.15) is 0 Å². The molecular weight excluding hydrogens is 539 g/mol. The number of amides is 4. The van der Waals surface area contributed by atoms with Crippen LogP contribution in [0.3, 0.4) is 0 Å². The summed E-state index contributed by atoms with van der Waals surface area (Å²) in [6.45, 7) is 0.0749. The molecule has 4 amide bonds. The SMILES string of the molecule is CN1CC(=O)Nc2ncnc(-c3ccc(C(=O)NC(Cc4cccc(F)c4)CN4C(=O)c5ccccc5C4=O)cc3)c21. The molecule has 42 heavy (non-hydrogen) atoms. The summed E-state index contributed by atoms with van der Waals surface area (Å²) in [6, 6.07) is 18.6. The van der Waals surface area contributed by atoms with Gasteiger partial charge in [0.05, 0.1) is 29.4 Å². The van der Waals surface area contributed by atoms with Gasteiger partial charge in [-0.05, 0) is 48.4 Å². The van der Waals surface area contributed by atoms with Crippen LogP contribution >= 0.6 is 0 Å². The lowest BCUT2D eigenvalue weighted by Crippen LogP contribution is -2.47. The van der Waals surface area contributed by atoms with E-state index in [1.54, 1.807) is 72.6 Å². The number of halogens is 1. The summed E-state index contributed by atoms with van der Waals surface area (Å²) in [5, 5.41) is 5.67. The fourth-order valence-electron chi connectivity index (χ4n) is 5.29. The van der Waals surface area contributed by atoms with Crippen molar-refractivity contribution < 1.29 is 23.6 Å². The van der Waals surface area contributed by atoms with E-state index in [-0.39, 0.29) is 25.4 Å². The molecule has 0 saturated carbocycles. The lowest BCUT2D eigenvalue weighted by atomic mass is 10.0. The van der Waals surface area contributed by atoms with Crippen LogP contribution in [-0.4, -0.2) is 64.7 Å². The van der Waals surface area contributed by atoms with E-state index in [2.05, 4.69) is 20.6 Å². The Morgan fingerprint density at radius 3 is 2.38 bits per heavy atom. The first-order chi connectivity index (χ1) is 20.3. The number of imide groups is 1. The first kappa shape index (κ1) is 26.8. The van der Waals surface area contributed by atoms with Gasteiger partial charge in [0.25, 0.3) is 17.7 Å². The molecule has 4 aromatic rings. The Balaban J connectivity index is 1.24. The number of aromatic nitrogens is 2. The van der Waals surface area contributed by atoms with Crippen molar-refractivity contribution in [3.63, 3.8) is 0 Å². The number of nitrogens with one attached hydrogen (secondary N) is 2. The molecule has 1 unspecified atom stereocenters. The quantitative estimate of drug-likeness (QED) is 0.330. The molecule has 210 valence electrons. The fraction of sp³-hybridized carbons (Fsp3) is 0.161. The number of anilines is 2.